The van der Waals surface area contributed by atoms with Crippen LogP contribution in [-0.4, -0.2) is 20.6 Å². The number of aryl methyl sites for hydroxylation is 1. The Morgan fingerprint density at radius 1 is 1.36 bits per heavy atom. The van der Waals surface area contributed by atoms with Crippen molar-refractivity contribution in [2.24, 2.45) is 0 Å². The van der Waals surface area contributed by atoms with Crippen molar-refractivity contribution in [1.82, 2.24) is 9.78 Å². The van der Waals surface area contributed by atoms with Crippen LogP contribution in [0.4, 0.5) is 11.4 Å². The smallest absolute Gasteiger partial charge is 0.309 e. The van der Waals surface area contributed by atoms with Crippen LogP contribution in [0, 0.1) is 30.9 Å². The molecule has 2 rings (SSSR count). The summed E-state index contributed by atoms with van der Waals surface area (Å²) in [6.07, 6.45) is 1.16. The topological polar surface area (TPSA) is 90.1 Å². The van der Waals surface area contributed by atoms with E-state index in [1.54, 1.807) is 13.8 Å². The molecule has 22 heavy (non-hydrogen) atoms. The first kappa shape index (κ1) is 15.7. The van der Waals surface area contributed by atoms with Crippen LogP contribution in [0.2, 0.25) is 0 Å². The molecule has 0 fully saturated rings. The fraction of sp³-hybridized carbons (Fsp3) is 0.333. The first-order valence-electron chi connectivity index (χ1n) is 6.88. The highest BCUT2D eigenvalue weighted by atomic mass is 16.6. The van der Waals surface area contributed by atoms with Gasteiger partial charge in [-0.05, 0) is 44.9 Å². The van der Waals surface area contributed by atoms with Gasteiger partial charge in [0.15, 0.2) is 0 Å². The minimum Gasteiger partial charge on any atom is -0.324 e. The van der Waals surface area contributed by atoms with Crippen molar-refractivity contribution in [1.29, 1.82) is 0 Å². The molecule has 1 atom stereocenters. The average Bonchev–Trinajstić information content (AvgIpc) is 2.85. The van der Waals surface area contributed by atoms with E-state index in [9.17, 15) is 14.9 Å². The van der Waals surface area contributed by atoms with E-state index in [2.05, 4.69) is 10.4 Å². The first-order chi connectivity index (χ1) is 10.3. The molecule has 1 amide bonds. The first-order valence-corrected chi connectivity index (χ1v) is 6.88. The molecule has 1 N–H and O–H groups in total. The lowest BCUT2D eigenvalue weighted by Gasteiger charge is -2.16. The third-order valence-corrected chi connectivity index (χ3v) is 3.82. The van der Waals surface area contributed by atoms with Gasteiger partial charge in [0.25, 0.3) is 0 Å². The summed E-state index contributed by atoms with van der Waals surface area (Å²) >= 11 is 0. The maximum atomic E-state index is 12.4. The predicted molar refractivity (Wildman–Crippen MR) is 82.9 cm³/mol. The lowest BCUT2D eigenvalue weighted by atomic mass is 10.1. The standard InChI is InChI=1S/C15H18N4O3/c1-9-6-5-7-13(10(9)2)17-15(20)12(4)18-11(3)14(8-16-18)19(21)22/h5-8,12H,1-4H3,(H,17,20). The van der Waals surface area contributed by atoms with E-state index >= 15 is 0 Å². The van der Waals surface area contributed by atoms with E-state index in [-0.39, 0.29) is 11.6 Å². The summed E-state index contributed by atoms with van der Waals surface area (Å²) in [6, 6.07) is 5.02. The van der Waals surface area contributed by atoms with Crippen molar-refractivity contribution in [3.63, 3.8) is 0 Å². The van der Waals surface area contributed by atoms with E-state index in [0.29, 0.717) is 5.69 Å². The zero-order valence-electron chi connectivity index (χ0n) is 13.0. The monoisotopic (exact) mass is 302 g/mol. The maximum absolute atomic E-state index is 12.4. The number of nitrogens with zero attached hydrogens (tertiary/aromatic N) is 3. The molecule has 0 bridgehead atoms. The normalized spacial score (nSPS) is 12.0. The van der Waals surface area contributed by atoms with Crippen LogP contribution < -0.4 is 5.32 Å². The number of aromatic nitrogens is 2. The molecule has 1 aromatic carbocycles. The Morgan fingerprint density at radius 2 is 2.05 bits per heavy atom. The maximum Gasteiger partial charge on any atom is 0.309 e. The molecule has 0 aliphatic heterocycles. The molecular formula is C15H18N4O3. The van der Waals surface area contributed by atoms with Crippen molar-refractivity contribution in [3.8, 4) is 0 Å². The molecule has 7 nitrogen and oxygen atoms in total. The van der Waals surface area contributed by atoms with Gasteiger partial charge < -0.3 is 5.32 Å². The number of nitro groups is 1. The van der Waals surface area contributed by atoms with E-state index in [1.807, 2.05) is 32.0 Å². The third-order valence-electron chi connectivity index (χ3n) is 3.82. The van der Waals surface area contributed by atoms with Gasteiger partial charge in [-0.2, -0.15) is 5.10 Å². The average molecular weight is 302 g/mol. The summed E-state index contributed by atoms with van der Waals surface area (Å²) in [5, 5.41) is 17.7. The summed E-state index contributed by atoms with van der Waals surface area (Å²) in [6.45, 7) is 7.13. The summed E-state index contributed by atoms with van der Waals surface area (Å²) in [5.41, 5.74) is 3.07. The molecule has 116 valence electrons. The zero-order valence-corrected chi connectivity index (χ0v) is 13.0. The lowest BCUT2D eigenvalue weighted by molar-refractivity contribution is -0.385. The van der Waals surface area contributed by atoms with Gasteiger partial charge in [0, 0.05) is 5.69 Å². The van der Waals surface area contributed by atoms with Gasteiger partial charge in [0.1, 0.15) is 17.9 Å². The number of hydrogen-bond acceptors (Lipinski definition) is 4. The predicted octanol–water partition coefficient (Wildman–Crippen LogP) is 2.92. The Kier molecular flexibility index (Phi) is 4.25. The van der Waals surface area contributed by atoms with Crippen LogP contribution in [0.25, 0.3) is 0 Å². The Labute approximate surface area is 128 Å². The molecule has 2 aromatic rings. The van der Waals surface area contributed by atoms with Gasteiger partial charge in [-0.3, -0.25) is 19.6 Å². The van der Waals surface area contributed by atoms with Gasteiger partial charge in [-0.25, -0.2) is 0 Å². The molecule has 7 heteroatoms. The van der Waals surface area contributed by atoms with E-state index in [1.165, 1.54) is 4.68 Å². The molecular weight excluding hydrogens is 284 g/mol. The Hall–Kier alpha value is -2.70. The molecule has 0 spiro atoms. The highest BCUT2D eigenvalue weighted by Gasteiger charge is 2.24. The Balaban J connectivity index is 2.23. The quantitative estimate of drug-likeness (QED) is 0.694. The molecule has 0 radical (unpaired) electrons. The number of benzene rings is 1. The lowest BCUT2D eigenvalue weighted by Crippen LogP contribution is -2.25. The summed E-state index contributed by atoms with van der Waals surface area (Å²) in [5.74, 6) is -0.269. The number of amides is 1. The van der Waals surface area contributed by atoms with Crippen LogP contribution in [0.1, 0.15) is 29.8 Å². The second-order valence-electron chi connectivity index (χ2n) is 5.23. The number of carbonyl (C=O) groups is 1. The molecule has 0 saturated carbocycles. The summed E-state index contributed by atoms with van der Waals surface area (Å²) in [7, 11) is 0. The van der Waals surface area contributed by atoms with Gasteiger partial charge in [-0.1, -0.05) is 12.1 Å². The minimum absolute atomic E-state index is 0.0913. The molecule has 0 aliphatic carbocycles. The van der Waals surface area contributed by atoms with E-state index in [4.69, 9.17) is 0 Å². The van der Waals surface area contributed by atoms with Gasteiger partial charge >= 0.3 is 5.69 Å². The highest BCUT2D eigenvalue weighted by Crippen LogP contribution is 2.22. The van der Waals surface area contributed by atoms with Crippen LogP contribution in [0.3, 0.4) is 0 Å². The molecule has 0 saturated heterocycles. The van der Waals surface area contributed by atoms with Crippen molar-refractivity contribution in [3.05, 3.63) is 51.3 Å². The van der Waals surface area contributed by atoms with E-state index in [0.717, 1.165) is 23.0 Å². The van der Waals surface area contributed by atoms with Gasteiger partial charge in [0.2, 0.25) is 5.91 Å². The largest absolute Gasteiger partial charge is 0.324 e. The van der Waals surface area contributed by atoms with Crippen LogP contribution in [0.5, 0.6) is 0 Å². The molecule has 1 aromatic heterocycles. The van der Waals surface area contributed by atoms with E-state index < -0.39 is 11.0 Å². The number of carbonyl (C=O) groups excluding carboxylic acids is 1. The number of anilines is 1. The van der Waals surface area contributed by atoms with Gasteiger partial charge in [0.05, 0.1) is 4.92 Å². The van der Waals surface area contributed by atoms with Crippen LogP contribution in [0.15, 0.2) is 24.4 Å². The SMILES string of the molecule is Cc1cccc(NC(=O)C(C)n2ncc([N+](=O)[O-])c2C)c1C. The molecule has 1 unspecified atom stereocenters. The molecule has 0 aliphatic rings. The highest BCUT2D eigenvalue weighted by molar-refractivity contribution is 5.94. The van der Waals surface area contributed by atoms with Crippen molar-refractivity contribution in [2.45, 2.75) is 33.7 Å². The van der Waals surface area contributed by atoms with Gasteiger partial charge in [-0.15, -0.1) is 0 Å². The second-order valence-corrected chi connectivity index (χ2v) is 5.23. The van der Waals surface area contributed by atoms with Crippen LogP contribution in [-0.2, 0) is 4.79 Å². The summed E-state index contributed by atoms with van der Waals surface area (Å²) in [4.78, 5) is 22.7. The third kappa shape index (κ3) is 2.83. The van der Waals surface area contributed by atoms with Crippen LogP contribution >= 0.6 is 0 Å². The summed E-state index contributed by atoms with van der Waals surface area (Å²) < 4.78 is 1.36. The number of hydrogen-bond donors (Lipinski definition) is 1. The Morgan fingerprint density at radius 3 is 2.64 bits per heavy atom. The zero-order chi connectivity index (χ0) is 16.4. The number of nitrogens with one attached hydrogen (secondary N) is 1. The van der Waals surface area contributed by atoms with Crippen molar-refractivity contribution < 1.29 is 9.72 Å². The fourth-order valence-corrected chi connectivity index (χ4v) is 2.22. The van der Waals surface area contributed by atoms with Crippen molar-refractivity contribution >= 4 is 17.3 Å². The van der Waals surface area contributed by atoms with Crippen molar-refractivity contribution in [2.75, 3.05) is 5.32 Å². The fourth-order valence-electron chi connectivity index (χ4n) is 2.22. The Bertz CT molecular complexity index is 736. The molecule has 1 heterocycles. The number of rotatable bonds is 4. The second kappa shape index (κ2) is 5.97. The minimum atomic E-state index is -0.645.